The van der Waals surface area contributed by atoms with E-state index in [1.165, 1.54) is 93.8 Å². The molecule has 30 heteroatoms. The summed E-state index contributed by atoms with van der Waals surface area (Å²) in [7, 11) is -10.2. The molecule has 9 N–H and O–H groups in total. The first kappa shape index (κ1) is 99.1. The number of piperidine rings is 3. The van der Waals surface area contributed by atoms with Crippen LogP contribution in [0.15, 0.2) is 142 Å². The quantitative estimate of drug-likeness (QED) is 0.0189. The van der Waals surface area contributed by atoms with Crippen molar-refractivity contribution in [1.82, 2.24) is 0 Å². The maximum Gasteiger partial charge on any atom is 1.00 e. The molecule has 0 atom stereocenters. The molecule has 3 heterocycles. The zero-order valence-corrected chi connectivity index (χ0v) is 73.2. The number of thioether (sulfide) groups is 1. The monoisotopic (exact) mass is 1710 g/mol. The van der Waals surface area contributed by atoms with Gasteiger partial charge < -0.3 is 61.9 Å². The molecular formula is C88H125FLiN7O17S4. The van der Waals surface area contributed by atoms with Crippen molar-refractivity contribution in [3.63, 3.8) is 0 Å². The Morgan fingerprint density at radius 2 is 0.780 bits per heavy atom. The van der Waals surface area contributed by atoms with Crippen molar-refractivity contribution in [3.05, 3.63) is 161 Å². The number of halogens is 1. The topological polar surface area (TPSA) is 377 Å². The van der Waals surface area contributed by atoms with Crippen LogP contribution in [0.3, 0.4) is 0 Å². The second kappa shape index (κ2) is 44.2. The van der Waals surface area contributed by atoms with Crippen molar-refractivity contribution >= 4 is 111 Å². The number of esters is 1. The number of carboxylic acid groups (broad SMARTS) is 1. The van der Waals surface area contributed by atoms with Gasteiger partial charge in [0.2, 0.25) is 0 Å². The SMILES string of the molecule is C.CC(C)(C)CS(=O)(=O)c1cccc(NC(=O)c2ccc(C(=O)CCCO)cc2N2CCC3(CC2)CC3)c1.CC(C)(C)CS(=O)(=O)c1cccc(NC(=O)c2ccc(C(=O)O)cc2N2CCC3(CC2)CC3)c1.COC(=O)c1ccc(C(=O)Nc2cccc(S(=O)(=O)CC(C)(C)C)c2)c(N2CCC3(CC2)CC3)c1.NCCO.[2H]CF.[2H]CSC.[Li+].[OH-]. The molecule has 6 aromatic carbocycles. The van der Waals surface area contributed by atoms with Crippen molar-refractivity contribution in [2.24, 2.45) is 38.2 Å². The van der Waals surface area contributed by atoms with Crippen molar-refractivity contribution in [2.75, 3.05) is 134 Å². The van der Waals surface area contributed by atoms with Gasteiger partial charge in [-0.15, -0.1) is 0 Å². The van der Waals surface area contributed by atoms with Crippen LogP contribution in [0.5, 0.6) is 0 Å². The molecule has 118 heavy (non-hydrogen) atoms. The number of ketones is 1. The zero-order chi connectivity index (χ0) is 86.5. The summed E-state index contributed by atoms with van der Waals surface area (Å²) in [4.78, 5) is 83.4. The maximum atomic E-state index is 13.5. The van der Waals surface area contributed by atoms with E-state index >= 15 is 0 Å². The van der Waals surface area contributed by atoms with Gasteiger partial charge in [0.15, 0.2) is 35.3 Å². The first-order chi connectivity index (χ1) is 54.9. The van der Waals surface area contributed by atoms with Gasteiger partial charge in [0.25, 0.3) is 17.7 Å². The molecule has 6 aliphatic rings. The summed E-state index contributed by atoms with van der Waals surface area (Å²) in [6.07, 6.45) is 17.0. The number of amides is 3. The normalized spacial score (nSPS) is 16.1. The summed E-state index contributed by atoms with van der Waals surface area (Å²) < 4.78 is 104. The molecule has 0 bridgehead atoms. The van der Waals surface area contributed by atoms with Gasteiger partial charge in [-0.1, -0.05) is 94.0 Å². The number of aliphatic hydroxyl groups is 2. The van der Waals surface area contributed by atoms with E-state index < -0.39 is 65.3 Å². The third-order valence-electron chi connectivity index (χ3n) is 21.0. The number of carbonyl (C=O) groups excluding carboxylic acids is 5. The number of nitrogens with zero attached hydrogens (tertiary/aromatic N) is 3. The maximum absolute atomic E-state index is 13.5. The predicted molar refractivity (Wildman–Crippen MR) is 467 cm³/mol. The largest absolute Gasteiger partial charge is 1.00 e. The van der Waals surface area contributed by atoms with Gasteiger partial charge in [0, 0.05) is 82.8 Å². The molecule has 3 spiro atoms. The number of aromatic carboxylic acids is 1. The van der Waals surface area contributed by atoms with Gasteiger partial charge in [0.1, 0.15) is 0 Å². The molecule has 3 amide bonds. The fourth-order valence-electron chi connectivity index (χ4n) is 14.4. The van der Waals surface area contributed by atoms with E-state index in [1.54, 1.807) is 91.0 Å². The molecule has 3 aliphatic carbocycles. The van der Waals surface area contributed by atoms with E-state index in [0.717, 1.165) is 83.5 Å². The number of ether oxygens (including phenoxy) is 1. The van der Waals surface area contributed by atoms with E-state index in [9.17, 15) is 63.5 Å². The van der Waals surface area contributed by atoms with E-state index in [1.807, 2.05) is 68.6 Å². The minimum atomic E-state index is -3.51. The number of anilines is 6. The molecule has 6 fully saturated rings. The number of nitrogens with one attached hydrogen (secondary N) is 3. The average molecular weight is 1710 g/mol. The number of aliphatic hydroxyl groups excluding tert-OH is 2. The second-order valence-corrected chi connectivity index (χ2v) is 41.0. The van der Waals surface area contributed by atoms with Gasteiger partial charge in [-0.25, -0.2) is 34.8 Å². The molecule has 0 aromatic heterocycles. The van der Waals surface area contributed by atoms with Crippen molar-refractivity contribution in [1.29, 1.82) is 0 Å². The summed E-state index contributed by atoms with van der Waals surface area (Å²) in [6, 6.07) is 33.6. The van der Waals surface area contributed by atoms with Crippen molar-refractivity contribution in [3.8, 4) is 0 Å². The molecule has 24 nitrogen and oxygen atoms in total. The molecule has 12 rings (SSSR count). The Labute approximate surface area is 718 Å². The number of alkyl halides is 1. The van der Waals surface area contributed by atoms with Gasteiger partial charge in [-0.3, -0.25) is 23.6 Å². The van der Waals surface area contributed by atoms with Crippen LogP contribution < -0.4 is 55.2 Å². The average Bonchev–Trinajstić information content (AvgIpc) is 1.60. The molecule has 3 saturated carbocycles. The Morgan fingerprint density at radius 3 is 1.03 bits per heavy atom. The number of sulfone groups is 3. The minimum absolute atomic E-state index is 0. The Kier molecular flexibility index (Phi) is 37.1. The van der Waals surface area contributed by atoms with Crippen LogP contribution in [0.2, 0.25) is 0 Å². The van der Waals surface area contributed by atoms with Crippen LogP contribution >= 0.6 is 11.8 Å². The molecule has 6 aromatic rings. The van der Waals surface area contributed by atoms with Gasteiger partial charge >= 0.3 is 30.8 Å². The van der Waals surface area contributed by atoms with Crippen LogP contribution in [0.1, 0.15) is 225 Å². The number of hydrogen-bond acceptors (Lipinski definition) is 21. The molecule has 3 saturated heterocycles. The number of methoxy groups -OCH3 is 1. The molecular weight excluding hydrogens is 1580 g/mol. The Bertz CT molecular complexity index is 4780. The van der Waals surface area contributed by atoms with Crippen molar-refractivity contribution in [2.45, 2.75) is 174 Å². The fraction of sp³-hybridized carbons (Fsp3) is 0.523. The van der Waals surface area contributed by atoms with E-state index in [0.29, 0.717) is 91.7 Å². The Hall–Kier alpha value is -7.69. The van der Waals surface area contributed by atoms with E-state index in [-0.39, 0.29) is 112 Å². The first-order valence-electron chi connectivity index (χ1n) is 40.4. The predicted octanol–water partition coefficient (Wildman–Crippen LogP) is 12.8. The van der Waals surface area contributed by atoms with E-state index in [2.05, 4.69) is 30.7 Å². The number of carboxylic acids is 1. The zero-order valence-electron chi connectivity index (χ0n) is 71.9. The molecule has 0 unspecified atom stereocenters. The number of nitrogens with two attached hydrogens (primary N) is 1. The number of benzene rings is 6. The minimum Gasteiger partial charge on any atom is -0.870 e. The first-order valence-corrected chi connectivity index (χ1v) is 45.3. The van der Waals surface area contributed by atoms with Crippen LogP contribution in [0.25, 0.3) is 0 Å². The molecule has 3 aliphatic heterocycles. The number of Topliss-reactive ketones (excluding diaryl/α,β-unsaturated/α-hetero) is 1. The van der Waals surface area contributed by atoms with Crippen LogP contribution in [0.4, 0.5) is 38.5 Å². The summed E-state index contributed by atoms with van der Waals surface area (Å²) >= 11 is 1.52. The van der Waals surface area contributed by atoms with Crippen LogP contribution in [-0.2, 0) is 34.2 Å². The summed E-state index contributed by atoms with van der Waals surface area (Å²) in [5.74, 6) is -2.65. The number of carbonyl (C=O) groups is 6. The third kappa shape index (κ3) is 30.2. The molecule has 0 radical (unpaired) electrons. The van der Waals surface area contributed by atoms with Crippen LogP contribution in [0, 0.1) is 32.5 Å². The Balaban J connectivity index is 0.000000351. The van der Waals surface area contributed by atoms with Crippen molar-refractivity contribution < 1.29 is 106 Å². The van der Waals surface area contributed by atoms with Gasteiger partial charge in [-0.05, 0) is 232 Å². The Morgan fingerprint density at radius 1 is 0.500 bits per heavy atom. The van der Waals surface area contributed by atoms with Gasteiger partial charge in [0.05, 0.1) is 99.1 Å². The number of rotatable bonds is 22. The second-order valence-electron chi connectivity index (χ2n) is 34.4. The standard InChI is InChI=1S/C29H38N2O5S.C27H34N2O5S.C26H32N2O5S.C2H7NO.C2H6S.CH3F.CH4.Li.H2O/c1-28(2,3)20-37(35,36)23-7-4-6-22(19-23)30-27(34)24-10-9-21(26(33)8-5-17-32)18-25(24)31-15-13-29(11-12-29)14-16-31;1-26(2,3)18-35(32,33)21-7-5-6-20(17-21)28-24(30)22-9-8-19(25(31)34-4)16-23(22)29-14-12-27(10-11-27)13-15-29;1-25(2,3)17-34(32,33)20-6-4-5-19(16-20)27-23(29)21-8-7-18(24(30)31)15-22(21)28-13-11-26(9-10-26)12-14-28;3-1-2-4;1-3-2;1-2;;;/h4,6-7,9-10,18-19,32H,5,8,11-17,20H2,1-3H3,(H,30,34);5-9,16-17H,10-15,18H2,1-4H3,(H,28,30);4-8,15-16H,9-14,17H2,1-3H3,(H,27,29)(H,30,31);4H,1-3H2;1-2H3;1H3;1H4;;1H2/q;;;;;;;+1;/p-1/i;;;;2*1D;;;. The summed E-state index contributed by atoms with van der Waals surface area (Å²) in [5, 5.41) is 34.9. The third-order valence-corrected chi connectivity index (χ3v) is 27.7. The molecule has 646 valence electrons. The van der Waals surface area contributed by atoms with Crippen LogP contribution in [-0.4, -0.2) is 185 Å². The summed E-state index contributed by atoms with van der Waals surface area (Å²) in [6.45, 7) is 22.2. The smallest absolute Gasteiger partial charge is 0.870 e. The summed E-state index contributed by atoms with van der Waals surface area (Å²) in [5.41, 5.74) is 10.5. The van der Waals surface area contributed by atoms with E-state index in [4.69, 9.17) is 23.4 Å². The fourth-order valence-corrected chi connectivity index (χ4v) is 20.1. The number of hydrogen-bond donors (Lipinski definition) is 7. The van der Waals surface area contributed by atoms with Gasteiger partial charge in [-0.2, -0.15) is 11.8 Å².